The standard InChI is InChI=1S/C18H19N5O2/c24-18-12-17(21-7-9-25-10-8-21)13-20-23(18)14-15-3-1-4-16(11-15)22-6-2-5-19-22/h1-6,11-13H,7-10,14H2. The molecule has 25 heavy (non-hydrogen) atoms. The van der Waals surface area contributed by atoms with Crippen molar-refractivity contribution in [3.63, 3.8) is 0 Å². The number of hydrogen-bond donors (Lipinski definition) is 0. The topological polar surface area (TPSA) is 65.2 Å². The second-order valence-electron chi connectivity index (χ2n) is 5.93. The highest BCUT2D eigenvalue weighted by molar-refractivity contribution is 5.43. The van der Waals surface area contributed by atoms with E-state index in [1.54, 1.807) is 23.1 Å². The van der Waals surface area contributed by atoms with Crippen molar-refractivity contribution in [2.45, 2.75) is 6.54 Å². The number of ether oxygens (including phenoxy) is 1. The molecule has 3 aromatic rings. The fourth-order valence-corrected chi connectivity index (χ4v) is 2.93. The van der Waals surface area contributed by atoms with Crippen LogP contribution in [0.1, 0.15) is 5.56 Å². The van der Waals surface area contributed by atoms with Crippen LogP contribution in [0.5, 0.6) is 0 Å². The molecular weight excluding hydrogens is 318 g/mol. The van der Waals surface area contributed by atoms with Gasteiger partial charge in [-0.1, -0.05) is 12.1 Å². The molecule has 3 heterocycles. The second-order valence-corrected chi connectivity index (χ2v) is 5.93. The Morgan fingerprint density at radius 1 is 1.04 bits per heavy atom. The molecule has 0 atom stereocenters. The molecule has 1 aliphatic rings. The summed E-state index contributed by atoms with van der Waals surface area (Å²) in [5.74, 6) is 0. The maximum absolute atomic E-state index is 12.4. The van der Waals surface area contributed by atoms with Crippen molar-refractivity contribution in [1.29, 1.82) is 0 Å². The van der Waals surface area contributed by atoms with Gasteiger partial charge in [-0.2, -0.15) is 10.2 Å². The first kappa shape index (κ1) is 15.6. The van der Waals surface area contributed by atoms with E-state index in [-0.39, 0.29) is 5.56 Å². The summed E-state index contributed by atoms with van der Waals surface area (Å²) in [6.07, 6.45) is 5.38. The van der Waals surface area contributed by atoms with Crippen LogP contribution in [0.2, 0.25) is 0 Å². The maximum Gasteiger partial charge on any atom is 0.269 e. The molecule has 0 spiro atoms. The number of aromatic nitrogens is 4. The van der Waals surface area contributed by atoms with Crippen molar-refractivity contribution < 1.29 is 4.74 Å². The summed E-state index contributed by atoms with van der Waals surface area (Å²) in [5, 5.41) is 8.57. The normalized spacial score (nSPS) is 14.6. The summed E-state index contributed by atoms with van der Waals surface area (Å²) in [6.45, 7) is 3.37. The first-order chi connectivity index (χ1) is 12.3. The van der Waals surface area contributed by atoms with Crippen LogP contribution in [-0.4, -0.2) is 45.9 Å². The highest BCUT2D eigenvalue weighted by atomic mass is 16.5. The Labute approximate surface area is 145 Å². The molecule has 0 radical (unpaired) electrons. The lowest BCUT2D eigenvalue weighted by Crippen LogP contribution is -2.37. The molecule has 0 unspecified atom stereocenters. The molecule has 7 heteroatoms. The van der Waals surface area contributed by atoms with Crippen LogP contribution in [0, 0.1) is 0 Å². The van der Waals surface area contributed by atoms with E-state index in [4.69, 9.17) is 4.74 Å². The Balaban J connectivity index is 1.55. The first-order valence-electron chi connectivity index (χ1n) is 8.28. The zero-order chi connectivity index (χ0) is 17.1. The van der Waals surface area contributed by atoms with Gasteiger partial charge in [0.25, 0.3) is 5.56 Å². The molecular formula is C18H19N5O2. The number of morpholine rings is 1. The van der Waals surface area contributed by atoms with Crippen molar-refractivity contribution >= 4 is 5.69 Å². The SMILES string of the molecule is O=c1cc(N2CCOCC2)cnn1Cc1cccc(-n2cccn2)c1. The van der Waals surface area contributed by atoms with E-state index in [9.17, 15) is 4.79 Å². The van der Waals surface area contributed by atoms with Crippen LogP contribution < -0.4 is 10.5 Å². The van der Waals surface area contributed by atoms with Crippen molar-refractivity contribution in [3.8, 4) is 5.69 Å². The predicted molar refractivity (Wildman–Crippen MR) is 94.2 cm³/mol. The van der Waals surface area contributed by atoms with Gasteiger partial charge in [0.2, 0.25) is 0 Å². The summed E-state index contributed by atoms with van der Waals surface area (Å²) in [5.41, 5.74) is 2.71. The monoisotopic (exact) mass is 337 g/mol. The molecule has 0 amide bonds. The molecule has 1 saturated heterocycles. The van der Waals surface area contributed by atoms with Gasteiger partial charge in [-0.25, -0.2) is 9.36 Å². The second kappa shape index (κ2) is 6.90. The predicted octanol–water partition coefficient (Wildman–Crippen LogP) is 1.31. The van der Waals surface area contributed by atoms with Gasteiger partial charge in [0, 0.05) is 31.5 Å². The van der Waals surface area contributed by atoms with Crippen LogP contribution in [0.25, 0.3) is 5.69 Å². The molecule has 1 fully saturated rings. The molecule has 7 nitrogen and oxygen atoms in total. The van der Waals surface area contributed by atoms with Gasteiger partial charge >= 0.3 is 0 Å². The third-order valence-electron chi connectivity index (χ3n) is 4.24. The van der Waals surface area contributed by atoms with Gasteiger partial charge in [-0.05, 0) is 23.8 Å². The number of hydrogen-bond acceptors (Lipinski definition) is 5. The van der Waals surface area contributed by atoms with Crippen molar-refractivity contribution in [1.82, 2.24) is 19.6 Å². The minimum absolute atomic E-state index is 0.103. The molecule has 0 N–H and O–H groups in total. The first-order valence-corrected chi connectivity index (χ1v) is 8.28. The van der Waals surface area contributed by atoms with E-state index in [1.165, 1.54) is 4.68 Å². The van der Waals surface area contributed by atoms with Gasteiger partial charge in [0.1, 0.15) is 0 Å². The largest absolute Gasteiger partial charge is 0.378 e. The number of anilines is 1. The average Bonchev–Trinajstić information content (AvgIpc) is 3.19. The summed E-state index contributed by atoms with van der Waals surface area (Å²) >= 11 is 0. The number of benzene rings is 1. The van der Waals surface area contributed by atoms with E-state index in [0.29, 0.717) is 19.8 Å². The summed E-state index contributed by atoms with van der Waals surface area (Å²) < 4.78 is 8.61. The third-order valence-corrected chi connectivity index (χ3v) is 4.24. The van der Waals surface area contributed by atoms with Crippen LogP contribution in [0.15, 0.2) is 59.8 Å². The minimum atomic E-state index is -0.103. The Hall–Kier alpha value is -2.93. The van der Waals surface area contributed by atoms with Gasteiger partial charge in [0.05, 0.1) is 37.3 Å². The molecule has 2 aromatic heterocycles. The Kier molecular flexibility index (Phi) is 4.30. The molecule has 128 valence electrons. The third kappa shape index (κ3) is 3.46. The summed E-state index contributed by atoms with van der Waals surface area (Å²) in [6, 6.07) is 11.5. The molecule has 0 bridgehead atoms. The van der Waals surface area contributed by atoms with Crippen molar-refractivity contribution in [3.05, 3.63) is 70.9 Å². The molecule has 1 aliphatic heterocycles. The van der Waals surface area contributed by atoms with Crippen molar-refractivity contribution in [2.75, 3.05) is 31.2 Å². The van der Waals surface area contributed by atoms with Gasteiger partial charge in [-0.3, -0.25) is 4.79 Å². The highest BCUT2D eigenvalue weighted by Gasteiger charge is 2.13. The Bertz CT molecular complexity index is 898. The number of nitrogens with zero attached hydrogens (tertiary/aromatic N) is 5. The van der Waals surface area contributed by atoms with Crippen molar-refractivity contribution in [2.24, 2.45) is 0 Å². The van der Waals surface area contributed by atoms with E-state index < -0.39 is 0 Å². The number of rotatable bonds is 4. The van der Waals surface area contributed by atoms with Gasteiger partial charge < -0.3 is 9.64 Å². The summed E-state index contributed by atoms with van der Waals surface area (Å²) in [7, 11) is 0. The molecule has 0 aliphatic carbocycles. The van der Waals surface area contributed by atoms with E-state index in [2.05, 4.69) is 15.1 Å². The van der Waals surface area contributed by atoms with E-state index in [0.717, 1.165) is 30.0 Å². The fourth-order valence-electron chi connectivity index (χ4n) is 2.93. The van der Waals surface area contributed by atoms with E-state index in [1.807, 2.05) is 36.5 Å². The molecule has 4 rings (SSSR count). The lowest BCUT2D eigenvalue weighted by molar-refractivity contribution is 0.122. The zero-order valence-corrected chi connectivity index (χ0v) is 13.8. The molecule has 1 aromatic carbocycles. The van der Waals surface area contributed by atoms with Crippen LogP contribution in [0.3, 0.4) is 0 Å². The lowest BCUT2D eigenvalue weighted by Gasteiger charge is -2.28. The highest BCUT2D eigenvalue weighted by Crippen LogP contribution is 2.13. The quantitative estimate of drug-likeness (QED) is 0.718. The lowest BCUT2D eigenvalue weighted by atomic mass is 10.2. The minimum Gasteiger partial charge on any atom is -0.378 e. The van der Waals surface area contributed by atoms with E-state index >= 15 is 0 Å². The Morgan fingerprint density at radius 3 is 2.68 bits per heavy atom. The zero-order valence-electron chi connectivity index (χ0n) is 13.8. The van der Waals surface area contributed by atoms with Crippen LogP contribution in [-0.2, 0) is 11.3 Å². The van der Waals surface area contributed by atoms with Crippen LogP contribution in [0.4, 0.5) is 5.69 Å². The Morgan fingerprint density at radius 2 is 1.92 bits per heavy atom. The maximum atomic E-state index is 12.4. The smallest absolute Gasteiger partial charge is 0.269 e. The molecule has 0 saturated carbocycles. The van der Waals surface area contributed by atoms with Gasteiger partial charge in [0.15, 0.2) is 0 Å². The average molecular weight is 337 g/mol. The fraction of sp³-hybridized carbons (Fsp3) is 0.278. The summed E-state index contributed by atoms with van der Waals surface area (Å²) in [4.78, 5) is 14.6. The van der Waals surface area contributed by atoms with Crippen LogP contribution >= 0.6 is 0 Å². The van der Waals surface area contributed by atoms with Gasteiger partial charge in [-0.15, -0.1) is 0 Å².